The first-order valence-corrected chi connectivity index (χ1v) is 24.7. The summed E-state index contributed by atoms with van der Waals surface area (Å²) >= 11 is 0. The molecule has 74 heavy (non-hydrogen) atoms. The van der Waals surface area contributed by atoms with E-state index >= 15 is 0 Å². The van der Waals surface area contributed by atoms with Crippen LogP contribution < -0.4 is 9.47 Å². The molecular weight excluding hydrogens is 907 g/mol. The Morgan fingerprint density at radius 3 is 0.986 bits per heavy atom. The summed E-state index contributed by atoms with van der Waals surface area (Å²) in [6, 6.07) is 74.0. The third-order valence-corrected chi connectivity index (χ3v) is 13.7. The molecule has 0 spiro atoms. The van der Waals surface area contributed by atoms with Crippen LogP contribution in [-0.2, 0) is 0 Å². The van der Waals surface area contributed by atoms with Gasteiger partial charge in [-0.1, -0.05) is 170 Å². The Hall–Kier alpha value is -9.85. The summed E-state index contributed by atoms with van der Waals surface area (Å²) in [5.74, 6) is 2.83. The van der Waals surface area contributed by atoms with Gasteiger partial charge in [0.15, 0.2) is 41.2 Å². The maximum atomic E-state index is 6.94. The zero-order chi connectivity index (χ0) is 49.2. The number of allylic oxidation sites excluding steroid dienone is 2. The number of hydrogen-bond acceptors (Lipinski definition) is 7. The topological polar surface area (TPSA) is 82.9 Å². The number of hydrogen-bond donors (Lipinski definition) is 0. The molecular formula is C67H45N5O2. The van der Waals surface area contributed by atoms with Crippen LogP contribution in [0.2, 0.25) is 0 Å². The molecule has 7 heteroatoms. The van der Waals surface area contributed by atoms with Gasteiger partial charge in [-0.05, 0) is 139 Å². The van der Waals surface area contributed by atoms with Gasteiger partial charge in [-0.3, -0.25) is 9.97 Å². The average molecular weight is 952 g/mol. The van der Waals surface area contributed by atoms with Crippen molar-refractivity contribution >= 4 is 0 Å². The van der Waals surface area contributed by atoms with Crippen LogP contribution in [0, 0.1) is 0 Å². The van der Waals surface area contributed by atoms with Crippen LogP contribution in [-0.4, -0.2) is 37.1 Å². The highest BCUT2D eigenvalue weighted by Gasteiger charge is 2.34. The summed E-state index contributed by atoms with van der Waals surface area (Å²) in [5, 5.41) is 0. The van der Waals surface area contributed by atoms with Crippen molar-refractivity contribution < 1.29 is 9.47 Å². The standard InChI is InChI=1S/C67H45N5O2/c1-3-9-44(10-4-1)46-21-27-54(28-22-46)65-70-66(55-29-23-47(24-30-55)45-11-5-2-6-12-45)72-67(71-65)60-32-31-59(63-64(60)74-62-14-8-7-13-61(62)73-63)53-25-19-49(20-26-53)48-15-17-50(18-16-48)56-41-57(51-33-37-68-38-34-51)43-58(42-56)52-35-39-69-40-36-52/h1-43,61-62H. The van der Waals surface area contributed by atoms with Gasteiger partial charge in [-0.25, -0.2) is 15.0 Å². The minimum atomic E-state index is -0.330. The van der Waals surface area contributed by atoms with Crippen LogP contribution in [0.1, 0.15) is 0 Å². The highest BCUT2D eigenvalue weighted by atomic mass is 16.6. The van der Waals surface area contributed by atoms with Gasteiger partial charge in [-0.2, -0.15) is 0 Å². The van der Waals surface area contributed by atoms with Crippen molar-refractivity contribution in [3.63, 3.8) is 0 Å². The molecule has 0 saturated heterocycles. The summed E-state index contributed by atoms with van der Waals surface area (Å²) < 4.78 is 13.9. The van der Waals surface area contributed by atoms with Crippen LogP contribution in [0.15, 0.2) is 261 Å². The second kappa shape index (κ2) is 19.4. The largest absolute Gasteiger partial charge is 0.478 e. The first-order valence-electron chi connectivity index (χ1n) is 24.7. The van der Waals surface area contributed by atoms with Crippen molar-refractivity contribution in [1.29, 1.82) is 0 Å². The van der Waals surface area contributed by atoms with Crippen molar-refractivity contribution in [2.24, 2.45) is 0 Å². The van der Waals surface area contributed by atoms with E-state index in [9.17, 15) is 0 Å². The third-order valence-electron chi connectivity index (χ3n) is 13.7. The van der Waals surface area contributed by atoms with Gasteiger partial charge in [0.05, 0.1) is 5.56 Å². The normalized spacial score (nSPS) is 14.3. The van der Waals surface area contributed by atoms with E-state index in [1.807, 2.05) is 85.5 Å². The van der Waals surface area contributed by atoms with Crippen molar-refractivity contribution in [1.82, 2.24) is 24.9 Å². The Labute approximate surface area is 429 Å². The minimum absolute atomic E-state index is 0.304. The fourth-order valence-electron chi connectivity index (χ4n) is 9.80. The second-order valence-electron chi connectivity index (χ2n) is 18.4. The van der Waals surface area contributed by atoms with Gasteiger partial charge in [0.2, 0.25) is 0 Å². The Kier molecular flexibility index (Phi) is 11.6. The lowest BCUT2D eigenvalue weighted by atomic mass is 9.93. The lowest BCUT2D eigenvalue weighted by Crippen LogP contribution is -2.38. The lowest BCUT2D eigenvalue weighted by Gasteiger charge is -2.34. The Bertz CT molecular complexity index is 3690. The smallest absolute Gasteiger partial charge is 0.174 e. The van der Waals surface area contributed by atoms with E-state index in [4.69, 9.17) is 24.4 Å². The van der Waals surface area contributed by atoms with E-state index in [2.05, 4.69) is 186 Å². The molecule has 0 fully saturated rings. The molecule has 11 aromatic rings. The van der Waals surface area contributed by atoms with Gasteiger partial charge in [-0.15, -0.1) is 0 Å². The molecule has 1 aliphatic carbocycles. The first kappa shape index (κ1) is 44.1. The first-order chi connectivity index (χ1) is 36.6. The molecule has 0 radical (unpaired) electrons. The zero-order valence-corrected chi connectivity index (χ0v) is 40.0. The Morgan fingerprint density at radius 2 is 0.568 bits per heavy atom. The fraction of sp³-hybridized carbons (Fsp3) is 0.0299. The van der Waals surface area contributed by atoms with E-state index in [0.717, 1.165) is 89.0 Å². The monoisotopic (exact) mass is 951 g/mol. The molecule has 0 saturated carbocycles. The molecule has 3 aromatic heterocycles. The molecule has 2 aliphatic rings. The van der Waals surface area contributed by atoms with Crippen molar-refractivity contribution in [3.8, 4) is 124 Å². The number of rotatable bonds is 10. The summed E-state index contributed by atoms with van der Waals surface area (Å²) in [5.41, 5.74) is 17.8. The molecule has 0 amide bonds. The number of benzene rings is 8. The number of pyridine rings is 2. The average Bonchev–Trinajstić information content (AvgIpc) is 3.49. The number of aromatic nitrogens is 5. The molecule has 8 aromatic carbocycles. The van der Waals surface area contributed by atoms with Crippen LogP contribution >= 0.6 is 0 Å². The Balaban J connectivity index is 0.855. The highest BCUT2D eigenvalue weighted by Crippen LogP contribution is 2.49. The van der Waals surface area contributed by atoms with E-state index in [1.165, 1.54) is 0 Å². The van der Waals surface area contributed by atoms with Gasteiger partial charge in [0, 0.05) is 41.5 Å². The number of ether oxygens (including phenoxy) is 2. The predicted octanol–water partition coefficient (Wildman–Crippen LogP) is 16.0. The van der Waals surface area contributed by atoms with Crippen LogP contribution in [0.25, 0.3) is 112 Å². The summed E-state index contributed by atoms with van der Waals surface area (Å²) in [7, 11) is 0. The quantitative estimate of drug-likeness (QED) is 0.135. The SMILES string of the molecule is C1=CC2Oc3c(-c4ccc(-c5ccc(-c6cc(-c7ccncc7)cc(-c7ccncc7)c6)cc5)cc4)ccc(-c4nc(-c5ccc(-c6ccccc6)cc5)nc(-c5ccc(-c6ccccc6)cc5)n4)c3OC2C=C1. The molecule has 2 atom stereocenters. The number of fused-ring (bicyclic) bond motifs is 2. The molecule has 13 rings (SSSR count). The molecule has 0 bridgehead atoms. The molecule has 7 nitrogen and oxygen atoms in total. The van der Waals surface area contributed by atoms with Crippen LogP contribution in [0.3, 0.4) is 0 Å². The molecule has 2 unspecified atom stereocenters. The van der Waals surface area contributed by atoms with Crippen molar-refractivity contribution in [3.05, 3.63) is 261 Å². The van der Waals surface area contributed by atoms with E-state index in [-0.39, 0.29) is 12.2 Å². The third kappa shape index (κ3) is 8.84. The maximum absolute atomic E-state index is 6.94. The summed E-state index contributed by atoms with van der Waals surface area (Å²) in [6.07, 6.45) is 14.8. The van der Waals surface area contributed by atoms with Crippen molar-refractivity contribution in [2.75, 3.05) is 0 Å². The lowest BCUT2D eigenvalue weighted by molar-refractivity contribution is 0.0769. The summed E-state index contributed by atoms with van der Waals surface area (Å²) in [4.78, 5) is 24.0. The van der Waals surface area contributed by atoms with Gasteiger partial charge in [0.25, 0.3) is 0 Å². The fourth-order valence-corrected chi connectivity index (χ4v) is 9.80. The summed E-state index contributed by atoms with van der Waals surface area (Å²) in [6.45, 7) is 0. The van der Waals surface area contributed by atoms with E-state index in [0.29, 0.717) is 34.5 Å². The van der Waals surface area contributed by atoms with Gasteiger partial charge < -0.3 is 9.47 Å². The molecule has 0 N–H and O–H groups in total. The molecule has 1 aliphatic heterocycles. The minimum Gasteiger partial charge on any atom is -0.478 e. The highest BCUT2D eigenvalue weighted by molar-refractivity contribution is 5.85. The predicted molar refractivity (Wildman–Crippen MR) is 297 cm³/mol. The van der Waals surface area contributed by atoms with Crippen LogP contribution in [0.4, 0.5) is 0 Å². The molecule has 4 heterocycles. The molecule has 350 valence electrons. The zero-order valence-electron chi connectivity index (χ0n) is 40.0. The van der Waals surface area contributed by atoms with Crippen molar-refractivity contribution in [2.45, 2.75) is 12.2 Å². The number of nitrogens with zero attached hydrogens (tertiary/aromatic N) is 5. The van der Waals surface area contributed by atoms with E-state index in [1.54, 1.807) is 0 Å². The van der Waals surface area contributed by atoms with Gasteiger partial charge in [0.1, 0.15) is 0 Å². The van der Waals surface area contributed by atoms with Crippen LogP contribution in [0.5, 0.6) is 11.5 Å². The second-order valence-corrected chi connectivity index (χ2v) is 18.4. The maximum Gasteiger partial charge on any atom is 0.174 e. The van der Waals surface area contributed by atoms with E-state index < -0.39 is 0 Å². The van der Waals surface area contributed by atoms with Gasteiger partial charge >= 0.3 is 0 Å². The Morgan fingerprint density at radius 1 is 0.257 bits per heavy atom.